The van der Waals surface area contributed by atoms with Crippen LogP contribution < -0.4 is 20.7 Å². The number of hydrogen-bond acceptors (Lipinski definition) is 7. The normalized spacial score (nSPS) is 18.5. The molecule has 0 aromatic heterocycles. The van der Waals surface area contributed by atoms with Gasteiger partial charge in [-0.25, -0.2) is 0 Å². The zero-order valence-electron chi connectivity index (χ0n) is 17.4. The van der Waals surface area contributed by atoms with Crippen LogP contribution in [0.3, 0.4) is 0 Å². The molecule has 4 rings (SSSR count). The maximum atomic E-state index is 12.8. The van der Waals surface area contributed by atoms with Crippen LogP contribution in [0.5, 0.6) is 5.75 Å². The molecule has 1 fully saturated rings. The first-order chi connectivity index (χ1) is 15.6. The van der Waals surface area contributed by atoms with Gasteiger partial charge in [-0.1, -0.05) is 0 Å². The summed E-state index contributed by atoms with van der Waals surface area (Å²) in [5.74, 6) is -1.59. The molecular formula is C21H20ClF3N4O5. The number of nitrogens with two attached hydrogens (primary N) is 1. The first kappa shape index (κ1) is 25.3. The van der Waals surface area contributed by atoms with Gasteiger partial charge >= 0.3 is 6.36 Å². The molecule has 34 heavy (non-hydrogen) atoms. The summed E-state index contributed by atoms with van der Waals surface area (Å²) in [7, 11) is 0. The molecule has 0 unspecified atom stereocenters. The molecule has 9 nitrogen and oxygen atoms in total. The number of carbonyl (C=O) groups is 2. The number of morpholine rings is 1. The van der Waals surface area contributed by atoms with Gasteiger partial charge in [0.2, 0.25) is 0 Å². The number of aliphatic imine (C=N–C) groups is 1. The Balaban J connectivity index is 0.00000324. The highest BCUT2D eigenvalue weighted by molar-refractivity contribution is 6.04. The van der Waals surface area contributed by atoms with E-state index in [1.165, 1.54) is 17.0 Å². The Kier molecular flexibility index (Phi) is 7.34. The van der Waals surface area contributed by atoms with Gasteiger partial charge in [-0.15, -0.1) is 25.6 Å². The Morgan fingerprint density at radius 1 is 1.26 bits per heavy atom. The van der Waals surface area contributed by atoms with Crippen LogP contribution >= 0.6 is 12.4 Å². The minimum Gasteiger partial charge on any atom is -0.406 e. The summed E-state index contributed by atoms with van der Waals surface area (Å²) in [5, 5.41) is 13.0. The SMILES string of the molecule is Cl.NC1=NCc2cc(NC(=O)[C@H](O)[C@H]3OCCN(c4ccc(OC(F)(F)F)cc4)C3=O)ccc21. The van der Waals surface area contributed by atoms with E-state index < -0.39 is 36.1 Å². The summed E-state index contributed by atoms with van der Waals surface area (Å²) >= 11 is 0. The predicted molar refractivity (Wildman–Crippen MR) is 118 cm³/mol. The number of amides is 2. The molecule has 0 aliphatic carbocycles. The molecule has 0 spiro atoms. The third-order valence-corrected chi connectivity index (χ3v) is 5.13. The highest BCUT2D eigenvalue weighted by Gasteiger charge is 2.39. The van der Waals surface area contributed by atoms with Gasteiger partial charge < -0.3 is 30.5 Å². The Morgan fingerprint density at radius 2 is 1.97 bits per heavy atom. The monoisotopic (exact) mass is 500 g/mol. The van der Waals surface area contributed by atoms with Crippen molar-refractivity contribution in [2.75, 3.05) is 23.4 Å². The molecule has 2 aliphatic heterocycles. The predicted octanol–water partition coefficient (Wildman–Crippen LogP) is 1.96. The van der Waals surface area contributed by atoms with Crippen LogP contribution in [0.25, 0.3) is 0 Å². The fourth-order valence-corrected chi connectivity index (χ4v) is 3.58. The summed E-state index contributed by atoms with van der Waals surface area (Å²) in [6, 6.07) is 9.63. The van der Waals surface area contributed by atoms with Gasteiger partial charge in [0.1, 0.15) is 11.6 Å². The number of anilines is 2. The molecule has 2 atom stereocenters. The van der Waals surface area contributed by atoms with Crippen LogP contribution in [0.2, 0.25) is 0 Å². The van der Waals surface area contributed by atoms with E-state index in [1.807, 2.05) is 0 Å². The minimum absolute atomic E-state index is 0. The van der Waals surface area contributed by atoms with Crippen molar-refractivity contribution in [1.29, 1.82) is 0 Å². The number of nitrogens with zero attached hydrogens (tertiary/aromatic N) is 2. The number of ether oxygens (including phenoxy) is 2. The second-order valence-corrected chi connectivity index (χ2v) is 7.33. The van der Waals surface area contributed by atoms with Crippen molar-refractivity contribution in [3.05, 3.63) is 53.6 Å². The molecule has 2 aromatic rings. The quantitative estimate of drug-likeness (QED) is 0.576. The summed E-state index contributed by atoms with van der Waals surface area (Å²) in [6.07, 6.45) is -8.14. The zero-order chi connectivity index (χ0) is 23.8. The molecule has 182 valence electrons. The Morgan fingerprint density at radius 3 is 2.65 bits per heavy atom. The number of benzene rings is 2. The molecule has 4 N–H and O–H groups in total. The van der Waals surface area contributed by atoms with Crippen molar-refractivity contribution in [3.8, 4) is 5.75 Å². The third kappa shape index (κ3) is 5.41. The number of nitrogens with one attached hydrogen (secondary N) is 1. The van der Waals surface area contributed by atoms with Crippen LogP contribution in [0.15, 0.2) is 47.5 Å². The lowest BCUT2D eigenvalue weighted by Gasteiger charge is -2.34. The number of carbonyl (C=O) groups excluding carboxylic acids is 2. The second-order valence-electron chi connectivity index (χ2n) is 7.33. The molecule has 2 heterocycles. The number of hydrogen-bond donors (Lipinski definition) is 3. The van der Waals surface area contributed by atoms with Crippen LogP contribution in [-0.2, 0) is 20.9 Å². The largest absolute Gasteiger partial charge is 0.573 e. The molecular weight excluding hydrogens is 481 g/mol. The van der Waals surface area contributed by atoms with Crippen molar-refractivity contribution < 1.29 is 37.3 Å². The van der Waals surface area contributed by atoms with Crippen LogP contribution in [-0.4, -0.2) is 54.5 Å². The third-order valence-electron chi connectivity index (χ3n) is 5.13. The number of rotatable bonds is 5. The number of fused-ring (bicyclic) bond motifs is 1. The minimum atomic E-state index is -4.84. The summed E-state index contributed by atoms with van der Waals surface area (Å²) in [6.45, 7) is 0.478. The van der Waals surface area contributed by atoms with E-state index >= 15 is 0 Å². The van der Waals surface area contributed by atoms with E-state index in [2.05, 4.69) is 15.0 Å². The van der Waals surface area contributed by atoms with Gasteiger partial charge in [0.05, 0.1) is 13.2 Å². The molecule has 2 aromatic carbocycles. The van der Waals surface area contributed by atoms with Crippen molar-refractivity contribution in [2.24, 2.45) is 10.7 Å². The summed E-state index contributed by atoms with van der Waals surface area (Å²) < 4.78 is 46.1. The van der Waals surface area contributed by atoms with Gasteiger partial charge in [0, 0.05) is 23.5 Å². The number of amidine groups is 1. The highest BCUT2D eigenvalue weighted by atomic mass is 35.5. The average molecular weight is 501 g/mol. The average Bonchev–Trinajstić information content (AvgIpc) is 3.13. The van der Waals surface area contributed by atoms with Crippen LogP contribution in [0.1, 0.15) is 11.1 Å². The molecule has 0 saturated carbocycles. The standard InChI is InChI=1S/C21H19F3N4O5.ClH/c22-21(23,24)33-14-4-2-13(3-5-14)28-7-8-32-17(20(28)31)16(29)19(30)27-12-1-6-15-11(9-12)10-26-18(15)25;/h1-6,9,16-17,29H,7-8,10H2,(H2,25,26)(H,27,30);1H/t16-,17-;/m1./s1. The fourth-order valence-electron chi connectivity index (χ4n) is 3.58. The molecule has 1 saturated heterocycles. The van der Waals surface area contributed by atoms with E-state index in [4.69, 9.17) is 10.5 Å². The van der Waals surface area contributed by atoms with Crippen LogP contribution in [0.4, 0.5) is 24.5 Å². The topological polar surface area (TPSA) is 126 Å². The number of halogens is 4. The summed E-state index contributed by atoms with van der Waals surface area (Å²) in [5.41, 5.74) is 8.00. The van der Waals surface area contributed by atoms with E-state index in [-0.39, 0.29) is 31.2 Å². The van der Waals surface area contributed by atoms with E-state index in [0.717, 1.165) is 23.3 Å². The Hall–Kier alpha value is -3.35. The van der Waals surface area contributed by atoms with E-state index in [1.54, 1.807) is 18.2 Å². The maximum Gasteiger partial charge on any atom is 0.573 e. The maximum absolute atomic E-state index is 12.8. The van der Waals surface area contributed by atoms with Gasteiger partial charge in [0.15, 0.2) is 12.2 Å². The summed E-state index contributed by atoms with van der Waals surface area (Å²) in [4.78, 5) is 30.7. The smallest absolute Gasteiger partial charge is 0.406 e. The van der Waals surface area contributed by atoms with E-state index in [9.17, 15) is 27.9 Å². The van der Waals surface area contributed by atoms with Gasteiger partial charge in [-0.3, -0.25) is 14.6 Å². The number of aliphatic hydroxyl groups is 1. The molecule has 0 radical (unpaired) electrons. The lowest BCUT2D eigenvalue weighted by atomic mass is 10.1. The zero-order valence-corrected chi connectivity index (χ0v) is 18.2. The van der Waals surface area contributed by atoms with Gasteiger partial charge in [0.25, 0.3) is 11.8 Å². The first-order valence-corrected chi connectivity index (χ1v) is 9.83. The highest BCUT2D eigenvalue weighted by Crippen LogP contribution is 2.27. The number of alkyl halides is 3. The van der Waals surface area contributed by atoms with Crippen molar-refractivity contribution in [2.45, 2.75) is 25.1 Å². The van der Waals surface area contributed by atoms with Crippen molar-refractivity contribution in [1.82, 2.24) is 0 Å². The van der Waals surface area contributed by atoms with Crippen molar-refractivity contribution >= 4 is 41.4 Å². The van der Waals surface area contributed by atoms with Crippen molar-refractivity contribution in [3.63, 3.8) is 0 Å². The number of aliphatic hydroxyl groups excluding tert-OH is 1. The molecule has 13 heteroatoms. The molecule has 2 amide bonds. The lowest BCUT2D eigenvalue weighted by Crippen LogP contribution is -2.55. The van der Waals surface area contributed by atoms with Gasteiger partial charge in [-0.05, 0) is 48.0 Å². The first-order valence-electron chi connectivity index (χ1n) is 9.83. The van der Waals surface area contributed by atoms with Crippen LogP contribution in [0, 0.1) is 0 Å². The lowest BCUT2D eigenvalue weighted by molar-refractivity contribution is -0.274. The second kappa shape index (κ2) is 9.87. The molecule has 2 aliphatic rings. The Labute approximate surface area is 197 Å². The fraction of sp³-hybridized carbons (Fsp3) is 0.286. The van der Waals surface area contributed by atoms with Gasteiger partial charge in [-0.2, -0.15) is 0 Å². The Bertz CT molecular complexity index is 1110. The molecule has 0 bridgehead atoms. The van der Waals surface area contributed by atoms with E-state index in [0.29, 0.717) is 18.1 Å².